The zero-order valence-corrected chi connectivity index (χ0v) is 20.3. The summed E-state index contributed by atoms with van der Waals surface area (Å²) in [6, 6.07) is 18.5. The van der Waals surface area contributed by atoms with Gasteiger partial charge in [0.25, 0.3) is 0 Å². The van der Waals surface area contributed by atoms with Crippen LogP contribution in [0.25, 0.3) is 0 Å². The average Bonchev–Trinajstić information content (AvgIpc) is 3.15. The van der Waals surface area contributed by atoms with E-state index in [0.717, 1.165) is 75.8 Å². The Balaban J connectivity index is 1.24. The molecule has 176 valence electrons. The number of halogens is 1. The summed E-state index contributed by atoms with van der Waals surface area (Å²) in [7, 11) is 0. The van der Waals surface area contributed by atoms with E-state index in [9.17, 15) is 4.79 Å². The average molecular weight is 468 g/mol. The van der Waals surface area contributed by atoms with E-state index in [0.29, 0.717) is 6.54 Å². The summed E-state index contributed by atoms with van der Waals surface area (Å²) in [6.45, 7) is 8.49. The predicted octanol–water partition coefficient (Wildman–Crippen LogP) is 4.11. The molecule has 6 nitrogen and oxygen atoms in total. The zero-order valence-electron chi connectivity index (χ0n) is 19.5. The van der Waals surface area contributed by atoms with E-state index in [1.54, 1.807) is 4.68 Å². The van der Waals surface area contributed by atoms with Crippen LogP contribution in [0.5, 0.6) is 0 Å². The molecule has 0 atom stereocenters. The minimum atomic E-state index is 0.0330. The minimum Gasteiger partial charge on any atom is -0.369 e. The van der Waals surface area contributed by atoms with Gasteiger partial charge in [0.05, 0.1) is 0 Å². The van der Waals surface area contributed by atoms with Gasteiger partial charge in [-0.05, 0) is 43.0 Å². The maximum Gasteiger partial charge on any atom is 0.345 e. The lowest BCUT2D eigenvalue weighted by molar-refractivity contribution is 0.248. The van der Waals surface area contributed by atoms with Gasteiger partial charge in [0, 0.05) is 62.9 Å². The van der Waals surface area contributed by atoms with Crippen LogP contribution < -0.4 is 10.6 Å². The van der Waals surface area contributed by atoms with E-state index in [1.165, 1.54) is 11.3 Å². The fraction of sp³-hybridized carbons (Fsp3) is 0.462. The lowest BCUT2D eigenvalue weighted by Crippen LogP contribution is -2.46. The molecule has 0 spiro atoms. The first-order valence-corrected chi connectivity index (χ1v) is 12.4. The summed E-state index contributed by atoms with van der Waals surface area (Å²) in [5.74, 6) is 0.892. The third-order valence-corrected chi connectivity index (χ3v) is 6.63. The summed E-state index contributed by atoms with van der Waals surface area (Å²) >= 11 is 6.14. The van der Waals surface area contributed by atoms with Crippen LogP contribution >= 0.6 is 11.6 Å². The number of hydrogen-bond donors (Lipinski definition) is 0. The smallest absolute Gasteiger partial charge is 0.345 e. The third-order valence-electron chi connectivity index (χ3n) is 6.40. The van der Waals surface area contributed by atoms with Crippen LogP contribution in [0, 0.1) is 0 Å². The molecule has 4 rings (SSSR count). The Kier molecular flexibility index (Phi) is 8.24. The van der Waals surface area contributed by atoms with Crippen molar-refractivity contribution in [2.24, 2.45) is 0 Å². The second kappa shape index (κ2) is 11.5. The van der Waals surface area contributed by atoms with E-state index in [-0.39, 0.29) is 5.69 Å². The summed E-state index contributed by atoms with van der Waals surface area (Å²) < 4.78 is 3.54. The van der Waals surface area contributed by atoms with Crippen molar-refractivity contribution < 1.29 is 0 Å². The number of hydrogen-bond acceptors (Lipinski definition) is 4. The van der Waals surface area contributed by atoms with Gasteiger partial charge in [-0.1, -0.05) is 54.9 Å². The molecule has 0 amide bonds. The topological polar surface area (TPSA) is 46.3 Å². The standard InChI is InChI=1S/C26H34ClN5O/c1-2-25-28-32(26(33)31(25)15-7-11-22-9-4-3-5-10-22)16-8-14-29-17-19-30(20-18-29)24-13-6-12-23(27)21-24/h3-6,9-10,12-13,21H,2,7-8,11,14-20H2,1H3. The van der Waals surface area contributed by atoms with Gasteiger partial charge in [-0.3, -0.25) is 9.47 Å². The molecule has 3 aromatic rings. The molecular weight excluding hydrogens is 434 g/mol. The van der Waals surface area contributed by atoms with Crippen LogP contribution in [0.2, 0.25) is 5.02 Å². The lowest BCUT2D eigenvalue weighted by atomic mass is 10.1. The zero-order chi connectivity index (χ0) is 23.0. The molecule has 1 aliphatic rings. The van der Waals surface area contributed by atoms with Crippen LogP contribution in [0.4, 0.5) is 5.69 Å². The molecule has 2 aromatic carbocycles. The molecule has 1 fully saturated rings. The van der Waals surface area contributed by atoms with E-state index in [2.05, 4.69) is 52.2 Å². The minimum absolute atomic E-state index is 0.0330. The Morgan fingerprint density at radius 2 is 1.70 bits per heavy atom. The Morgan fingerprint density at radius 3 is 2.42 bits per heavy atom. The molecule has 1 aliphatic heterocycles. The number of piperazine rings is 1. The molecule has 0 saturated carbocycles. The molecule has 0 bridgehead atoms. The molecule has 2 heterocycles. The van der Waals surface area contributed by atoms with Crippen molar-refractivity contribution in [2.75, 3.05) is 37.6 Å². The second-order valence-corrected chi connectivity index (χ2v) is 9.11. The number of nitrogens with zero attached hydrogens (tertiary/aromatic N) is 5. The van der Waals surface area contributed by atoms with Gasteiger partial charge in [0.15, 0.2) is 0 Å². The first-order chi connectivity index (χ1) is 16.1. The van der Waals surface area contributed by atoms with Crippen molar-refractivity contribution in [3.05, 3.63) is 81.5 Å². The Hall–Kier alpha value is -2.57. The van der Waals surface area contributed by atoms with E-state index >= 15 is 0 Å². The molecule has 0 radical (unpaired) electrons. The molecule has 0 unspecified atom stereocenters. The number of benzene rings is 2. The SMILES string of the molecule is CCc1nn(CCCN2CCN(c3cccc(Cl)c3)CC2)c(=O)n1CCCc1ccccc1. The van der Waals surface area contributed by atoms with Crippen molar-refractivity contribution in [1.82, 2.24) is 19.2 Å². The quantitative estimate of drug-likeness (QED) is 0.450. The van der Waals surface area contributed by atoms with Crippen molar-refractivity contribution in [2.45, 2.75) is 45.7 Å². The van der Waals surface area contributed by atoms with Gasteiger partial charge >= 0.3 is 5.69 Å². The molecular formula is C26H34ClN5O. The second-order valence-electron chi connectivity index (χ2n) is 8.68. The van der Waals surface area contributed by atoms with Gasteiger partial charge in [0.2, 0.25) is 0 Å². The molecule has 1 saturated heterocycles. The van der Waals surface area contributed by atoms with Crippen molar-refractivity contribution in [1.29, 1.82) is 0 Å². The van der Waals surface area contributed by atoms with Crippen LogP contribution in [0.1, 0.15) is 31.2 Å². The summed E-state index contributed by atoms with van der Waals surface area (Å²) in [5.41, 5.74) is 2.54. The van der Waals surface area contributed by atoms with Gasteiger partial charge in [-0.15, -0.1) is 0 Å². The van der Waals surface area contributed by atoms with Crippen molar-refractivity contribution >= 4 is 17.3 Å². The lowest BCUT2D eigenvalue weighted by Gasteiger charge is -2.36. The molecule has 7 heteroatoms. The largest absolute Gasteiger partial charge is 0.369 e. The highest BCUT2D eigenvalue weighted by Gasteiger charge is 2.18. The van der Waals surface area contributed by atoms with E-state index in [4.69, 9.17) is 11.6 Å². The normalized spacial score (nSPS) is 14.7. The Bertz CT molecular complexity index is 1070. The van der Waals surface area contributed by atoms with E-state index < -0.39 is 0 Å². The number of rotatable bonds is 10. The van der Waals surface area contributed by atoms with Crippen LogP contribution in [-0.2, 0) is 25.9 Å². The number of anilines is 1. The van der Waals surface area contributed by atoms with Gasteiger partial charge in [0.1, 0.15) is 5.82 Å². The van der Waals surface area contributed by atoms with E-state index in [1.807, 2.05) is 28.8 Å². The highest BCUT2D eigenvalue weighted by atomic mass is 35.5. The first kappa shape index (κ1) is 23.6. The van der Waals surface area contributed by atoms with Gasteiger partial charge in [-0.25, -0.2) is 9.48 Å². The number of aromatic nitrogens is 3. The highest BCUT2D eigenvalue weighted by molar-refractivity contribution is 6.30. The highest BCUT2D eigenvalue weighted by Crippen LogP contribution is 2.20. The first-order valence-electron chi connectivity index (χ1n) is 12.1. The molecule has 0 N–H and O–H groups in total. The van der Waals surface area contributed by atoms with Crippen LogP contribution in [0.3, 0.4) is 0 Å². The number of aryl methyl sites for hydroxylation is 3. The molecule has 33 heavy (non-hydrogen) atoms. The Labute approximate surface area is 201 Å². The molecule has 0 aliphatic carbocycles. The third kappa shape index (κ3) is 6.27. The molecule has 1 aromatic heterocycles. The van der Waals surface area contributed by atoms with Crippen molar-refractivity contribution in [3.63, 3.8) is 0 Å². The summed E-state index contributed by atoms with van der Waals surface area (Å²) in [4.78, 5) is 17.8. The van der Waals surface area contributed by atoms with Crippen molar-refractivity contribution in [3.8, 4) is 0 Å². The van der Waals surface area contributed by atoms with Gasteiger partial charge < -0.3 is 4.90 Å². The summed E-state index contributed by atoms with van der Waals surface area (Å²) in [6.07, 6.45) is 3.63. The maximum absolute atomic E-state index is 12.9. The monoisotopic (exact) mass is 467 g/mol. The van der Waals surface area contributed by atoms with Crippen LogP contribution in [0.15, 0.2) is 59.4 Å². The Morgan fingerprint density at radius 1 is 0.909 bits per heavy atom. The fourth-order valence-corrected chi connectivity index (χ4v) is 4.73. The van der Waals surface area contributed by atoms with Gasteiger partial charge in [-0.2, -0.15) is 5.10 Å². The summed E-state index contributed by atoms with van der Waals surface area (Å²) in [5, 5.41) is 5.41. The predicted molar refractivity (Wildman–Crippen MR) is 135 cm³/mol. The maximum atomic E-state index is 12.9. The fourth-order valence-electron chi connectivity index (χ4n) is 4.55. The van der Waals surface area contributed by atoms with Crippen LogP contribution in [-0.4, -0.2) is 52.0 Å².